The number of nitrogens with one attached hydrogen (secondary N) is 1. The van der Waals surface area contributed by atoms with E-state index < -0.39 is 0 Å². The van der Waals surface area contributed by atoms with Crippen molar-refractivity contribution in [1.82, 2.24) is 10.2 Å². The maximum absolute atomic E-state index is 5.26. The first-order valence-corrected chi connectivity index (χ1v) is 6.69. The van der Waals surface area contributed by atoms with Crippen LogP contribution in [0.4, 0.5) is 0 Å². The molecule has 1 aliphatic rings. The lowest BCUT2D eigenvalue weighted by atomic mass is 9.78. The Bertz CT molecular complexity index is 187. The zero-order valence-electron chi connectivity index (χ0n) is 11.3. The molecule has 3 nitrogen and oxygen atoms in total. The van der Waals surface area contributed by atoms with Gasteiger partial charge in [0.15, 0.2) is 0 Å². The lowest BCUT2D eigenvalue weighted by Gasteiger charge is -2.46. The predicted molar refractivity (Wildman–Crippen MR) is 68.8 cm³/mol. The number of hydrogen-bond acceptors (Lipinski definition) is 3. The van der Waals surface area contributed by atoms with Crippen molar-refractivity contribution in [2.24, 2.45) is 5.92 Å². The Morgan fingerprint density at radius 3 is 2.56 bits per heavy atom. The molecule has 1 saturated carbocycles. The number of methoxy groups -OCH3 is 1. The first-order valence-electron chi connectivity index (χ1n) is 6.69. The maximum atomic E-state index is 5.26. The second-order valence-electron chi connectivity index (χ2n) is 4.85. The van der Waals surface area contributed by atoms with Crippen LogP contribution in [0.2, 0.25) is 0 Å². The zero-order valence-corrected chi connectivity index (χ0v) is 11.3. The molecule has 0 aromatic carbocycles. The third-order valence-corrected chi connectivity index (χ3v) is 3.80. The molecule has 1 aliphatic carbocycles. The molecule has 16 heavy (non-hydrogen) atoms. The van der Waals surface area contributed by atoms with Crippen molar-refractivity contribution < 1.29 is 4.74 Å². The van der Waals surface area contributed by atoms with Crippen LogP contribution < -0.4 is 5.32 Å². The quantitative estimate of drug-likeness (QED) is 0.685. The fourth-order valence-corrected chi connectivity index (χ4v) is 2.77. The Hall–Kier alpha value is -0.120. The Labute approximate surface area is 101 Å². The number of likely N-dealkylation sites (N-methyl/N-ethyl adjacent to an activating group) is 1. The minimum absolute atomic E-state index is 0.546. The van der Waals surface area contributed by atoms with E-state index in [0.717, 1.165) is 31.7 Å². The van der Waals surface area contributed by atoms with Gasteiger partial charge >= 0.3 is 0 Å². The molecule has 3 unspecified atom stereocenters. The fourth-order valence-electron chi connectivity index (χ4n) is 2.77. The van der Waals surface area contributed by atoms with E-state index in [1.165, 1.54) is 19.4 Å². The smallest absolute Gasteiger partial charge is 0.0615 e. The number of rotatable bonds is 8. The van der Waals surface area contributed by atoms with E-state index in [-0.39, 0.29) is 0 Å². The van der Waals surface area contributed by atoms with Gasteiger partial charge in [-0.05, 0) is 45.3 Å². The van der Waals surface area contributed by atoms with Crippen molar-refractivity contribution in [1.29, 1.82) is 0 Å². The van der Waals surface area contributed by atoms with Crippen molar-refractivity contribution in [2.45, 2.75) is 45.7 Å². The Balaban J connectivity index is 2.40. The third kappa shape index (κ3) is 3.44. The molecule has 3 atom stereocenters. The average molecular weight is 228 g/mol. The van der Waals surface area contributed by atoms with Crippen LogP contribution in [0, 0.1) is 5.92 Å². The van der Waals surface area contributed by atoms with Gasteiger partial charge in [-0.15, -0.1) is 0 Å². The molecule has 0 radical (unpaired) electrons. The highest BCUT2D eigenvalue weighted by atomic mass is 16.5. The molecule has 0 aromatic heterocycles. The van der Waals surface area contributed by atoms with Gasteiger partial charge in [0.2, 0.25) is 0 Å². The predicted octanol–water partition coefficient (Wildman–Crippen LogP) is 1.73. The average Bonchev–Trinajstić information content (AvgIpc) is 2.24. The van der Waals surface area contributed by atoms with Gasteiger partial charge in [-0.2, -0.15) is 0 Å². The second kappa shape index (κ2) is 7.25. The summed E-state index contributed by atoms with van der Waals surface area (Å²) in [4.78, 5) is 2.61. The zero-order chi connectivity index (χ0) is 12.0. The third-order valence-electron chi connectivity index (χ3n) is 3.80. The highest BCUT2D eigenvalue weighted by Gasteiger charge is 2.36. The standard InChI is InChI=1S/C13H28N2O/c1-5-14-9-12-7-8-13(12)15(6-2)11(3)10-16-4/h11-14H,5-10H2,1-4H3. The van der Waals surface area contributed by atoms with E-state index >= 15 is 0 Å². The monoisotopic (exact) mass is 228 g/mol. The van der Waals surface area contributed by atoms with Gasteiger partial charge in [0.1, 0.15) is 0 Å². The lowest BCUT2D eigenvalue weighted by molar-refractivity contribution is 0.00812. The van der Waals surface area contributed by atoms with E-state index in [4.69, 9.17) is 4.74 Å². The second-order valence-corrected chi connectivity index (χ2v) is 4.85. The summed E-state index contributed by atoms with van der Waals surface area (Å²) in [5, 5.41) is 3.47. The van der Waals surface area contributed by atoms with Crippen LogP contribution in [0.5, 0.6) is 0 Å². The molecule has 0 heterocycles. The molecule has 3 heteroatoms. The van der Waals surface area contributed by atoms with E-state index in [1.807, 2.05) is 0 Å². The SMILES string of the molecule is CCNCC1CCC1N(CC)C(C)COC. The van der Waals surface area contributed by atoms with Crippen molar-refractivity contribution in [3.8, 4) is 0 Å². The number of nitrogens with zero attached hydrogens (tertiary/aromatic N) is 1. The van der Waals surface area contributed by atoms with Gasteiger partial charge in [0.25, 0.3) is 0 Å². The van der Waals surface area contributed by atoms with Gasteiger partial charge in [-0.3, -0.25) is 4.90 Å². The summed E-state index contributed by atoms with van der Waals surface area (Å²) < 4.78 is 5.26. The highest BCUT2D eigenvalue weighted by molar-refractivity contribution is 4.91. The molecule has 1 fully saturated rings. The summed E-state index contributed by atoms with van der Waals surface area (Å²) in [6, 6.07) is 1.32. The molecular weight excluding hydrogens is 200 g/mol. The summed E-state index contributed by atoms with van der Waals surface area (Å²) in [5.41, 5.74) is 0. The summed E-state index contributed by atoms with van der Waals surface area (Å²) >= 11 is 0. The Morgan fingerprint density at radius 2 is 2.12 bits per heavy atom. The largest absolute Gasteiger partial charge is 0.383 e. The maximum Gasteiger partial charge on any atom is 0.0615 e. The first-order chi connectivity index (χ1) is 7.74. The van der Waals surface area contributed by atoms with Crippen molar-refractivity contribution in [3.63, 3.8) is 0 Å². The summed E-state index contributed by atoms with van der Waals surface area (Å²) in [5.74, 6) is 0.846. The van der Waals surface area contributed by atoms with Gasteiger partial charge in [0.05, 0.1) is 6.61 Å². The van der Waals surface area contributed by atoms with Crippen molar-refractivity contribution in [2.75, 3.05) is 33.4 Å². The van der Waals surface area contributed by atoms with Gasteiger partial charge < -0.3 is 10.1 Å². The van der Waals surface area contributed by atoms with Crippen LogP contribution in [0.3, 0.4) is 0 Å². The van der Waals surface area contributed by atoms with E-state index in [0.29, 0.717) is 6.04 Å². The molecule has 1 rings (SSSR count). The molecule has 0 amide bonds. The normalized spacial score (nSPS) is 26.8. The van der Waals surface area contributed by atoms with Gasteiger partial charge in [-0.25, -0.2) is 0 Å². The molecule has 0 aliphatic heterocycles. The summed E-state index contributed by atoms with van der Waals surface area (Å²) in [7, 11) is 1.79. The lowest BCUT2D eigenvalue weighted by Crippen LogP contribution is -2.54. The van der Waals surface area contributed by atoms with Crippen LogP contribution in [-0.2, 0) is 4.74 Å². The van der Waals surface area contributed by atoms with Crippen LogP contribution >= 0.6 is 0 Å². The van der Waals surface area contributed by atoms with Crippen LogP contribution in [-0.4, -0.2) is 50.3 Å². The number of hydrogen-bond donors (Lipinski definition) is 1. The molecule has 0 bridgehead atoms. The molecule has 96 valence electrons. The van der Waals surface area contributed by atoms with Crippen LogP contribution in [0.25, 0.3) is 0 Å². The van der Waals surface area contributed by atoms with Crippen molar-refractivity contribution in [3.05, 3.63) is 0 Å². The summed E-state index contributed by atoms with van der Waals surface area (Å²) in [6.07, 6.45) is 2.74. The molecular formula is C13H28N2O. The highest BCUT2D eigenvalue weighted by Crippen LogP contribution is 2.32. The molecule has 0 spiro atoms. The van der Waals surface area contributed by atoms with Gasteiger partial charge in [0, 0.05) is 19.2 Å². The fraction of sp³-hybridized carbons (Fsp3) is 1.00. The van der Waals surface area contributed by atoms with Crippen molar-refractivity contribution >= 4 is 0 Å². The first kappa shape index (κ1) is 13.9. The van der Waals surface area contributed by atoms with Gasteiger partial charge in [-0.1, -0.05) is 13.8 Å². The summed E-state index contributed by atoms with van der Waals surface area (Å²) in [6.45, 7) is 11.0. The minimum atomic E-state index is 0.546. The number of ether oxygens (including phenoxy) is 1. The molecule has 0 aromatic rings. The van der Waals surface area contributed by atoms with E-state index in [2.05, 4.69) is 31.0 Å². The van der Waals surface area contributed by atoms with Crippen LogP contribution in [0.1, 0.15) is 33.6 Å². The Kier molecular flexibility index (Phi) is 6.32. The van der Waals surface area contributed by atoms with Crippen LogP contribution in [0.15, 0.2) is 0 Å². The van der Waals surface area contributed by atoms with E-state index in [9.17, 15) is 0 Å². The topological polar surface area (TPSA) is 24.5 Å². The Morgan fingerprint density at radius 1 is 1.38 bits per heavy atom. The van der Waals surface area contributed by atoms with E-state index in [1.54, 1.807) is 7.11 Å². The molecule has 1 N–H and O–H groups in total. The molecule has 0 saturated heterocycles. The minimum Gasteiger partial charge on any atom is -0.383 e.